The van der Waals surface area contributed by atoms with Crippen LogP contribution < -0.4 is 5.73 Å². The molecule has 4 heteroatoms. The zero-order valence-electron chi connectivity index (χ0n) is 12.2. The van der Waals surface area contributed by atoms with Gasteiger partial charge in [0, 0.05) is 18.6 Å². The average Bonchev–Trinajstić information content (AvgIpc) is 2.76. The van der Waals surface area contributed by atoms with Gasteiger partial charge >= 0.3 is 0 Å². The van der Waals surface area contributed by atoms with Crippen LogP contribution in [0, 0.1) is 11.8 Å². The van der Waals surface area contributed by atoms with Gasteiger partial charge in [-0.15, -0.1) is 12.4 Å². The molecule has 18 heavy (non-hydrogen) atoms. The number of nitrogens with two attached hydrogens (primary N) is 1. The standard InChI is InChI=1S/C14H28N2O.ClH/c1-10(2)9-16(13-7-5-6-8-13)14(17)11(3)12(4)15;/h10-13H,5-9,15H2,1-4H3;1H. The number of carbonyl (C=O) groups is 1. The zero-order chi connectivity index (χ0) is 13.0. The van der Waals surface area contributed by atoms with E-state index in [2.05, 4.69) is 18.7 Å². The SMILES string of the molecule is CC(C)CN(C(=O)C(C)C(C)N)C1CCCC1.Cl. The Balaban J connectivity index is 0.00000289. The predicted octanol–water partition coefficient (Wildman–Crippen LogP) is 2.82. The van der Waals surface area contributed by atoms with E-state index in [1.165, 1.54) is 25.7 Å². The van der Waals surface area contributed by atoms with Crippen molar-refractivity contribution < 1.29 is 4.79 Å². The van der Waals surface area contributed by atoms with Gasteiger partial charge in [-0.3, -0.25) is 4.79 Å². The van der Waals surface area contributed by atoms with E-state index in [1.54, 1.807) is 0 Å². The van der Waals surface area contributed by atoms with Crippen molar-refractivity contribution in [3.8, 4) is 0 Å². The van der Waals surface area contributed by atoms with Crippen molar-refractivity contribution in [2.45, 2.75) is 65.5 Å². The smallest absolute Gasteiger partial charge is 0.227 e. The van der Waals surface area contributed by atoms with Gasteiger partial charge in [0.15, 0.2) is 0 Å². The van der Waals surface area contributed by atoms with Gasteiger partial charge in [0.05, 0.1) is 5.92 Å². The van der Waals surface area contributed by atoms with Crippen LogP contribution in [0.25, 0.3) is 0 Å². The van der Waals surface area contributed by atoms with Gasteiger partial charge in [0.1, 0.15) is 0 Å². The molecule has 1 aliphatic carbocycles. The third kappa shape index (κ3) is 4.77. The molecular weight excluding hydrogens is 248 g/mol. The third-order valence-electron chi connectivity index (χ3n) is 3.79. The summed E-state index contributed by atoms with van der Waals surface area (Å²) >= 11 is 0. The fourth-order valence-electron chi connectivity index (χ4n) is 2.51. The normalized spacial score (nSPS) is 19.4. The lowest BCUT2D eigenvalue weighted by molar-refractivity contribution is -0.138. The highest BCUT2D eigenvalue weighted by atomic mass is 35.5. The highest BCUT2D eigenvalue weighted by Crippen LogP contribution is 2.26. The summed E-state index contributed by atoms with van der Waals surface area (Å²) < 4.78 is 0. The number of rotatable bonds is 5. The second-order valence-corrected chi connectivity index (χ2v) is 5.97. The van der Waals surface area contributed by atoms with Crippen LogP contribution in [0.3, 0.4) is 0 Å². The summed E-state index contributed by atoms with van der Waals surface area (Å²) in [6.45, 7) is 9.10. The van der Waals surface area contributed by atoms with Gasteiger partial charge in [0.2, 0.25) is 5.91 Å². The molecule has 0 aromatic heterocycles. The Labute approximate surface area is 118 Å². The summed E-state index contributed by atoms with van der Waals surface area (Å²) in [5.74, 6) is 0.717. The molecule has 0 aromatic rings. The van der Waals surface area contributed by atoms with Crippen molar-refractivity contribution in [3.05, 3.63) is 0 Å². The molecule has 0 aromatic carbocycles. The van der Waals surface area contributed by atoms with Crippen LogP contribution in [-0.4, -0.2) is 29.4 Å². The monoisotopic (exact) mass is 276 g/mol. The molecule has 2 N–H and O–H groups in total. The van der Waals surface area contributed by atoms with E-state index in [1.807, 2.05) is 13.8 Å². The lowest BCUT2D eigenvalue weighted by Gasteiger charge is -2.33. The molecule has 0 heterocycles. The van der Waals surface area contributed by atoms with Gasteiger partial charge < -0.3 is 10.6 Å². The second kappa shape index (κ2) is 8.00. The third-order valence-corrected chi connectivity index (χ3v) is 3.79. The summed E-state index contributed by atoms with van der Waals surface area (Å²) in [5, 5.41) is 0. The zero-order valence-corrected chi connectivity index (χ0v) is 13.0. The number of hydrogen-bond acceptors (Lipinski definition) is 2. The summed E-state index contributed by atoms with van der Waals surface area (Å²) in [4.78, 5) is 14.6. The molecular formula is C14H29ClN2O. The molecule has 1 aliphatic rings. The van der Waals surface area contributed by atoms with Crippen molar-refractivity contribution in [2.24, 2.45) is 17.6 Å². The Bertz CT molecular complexity index is 250. The van der Waals surface area contributed by atoms with Crippen LogP contribution >= 0.6 is 12.4 Å². The maximum Gasteiger partial charge on any atom is 0.227 e. The fourth-order valence-corrected chi connectivity index (χ4v) is 2.51. The maximum atomic E-state index is 12.5. The van der Waals surface area contributed by atoms with E-state index in [0.717, 1.165) is 6.54 Å². The molecule has 3 nitrogen and oxygen atoms in total. The largest absolute Gasteiger partial charge is 0.339 e. The van der Waals surface area contributed by atoms with E-state index in [0.29, 0.717) is 12.0 Å². The molecule has 1 amide bonds. The van der Waals surface area contributed by atoms with Gasteiger partial charge in [-0.05, 0) is 25.7 Å². The van der Waals surface area contributed by atoms with E-state index in [-0.39, 0.29) is 30.3 Å². The first-order chi connectivity index (χ1) is 7.93. The topological polar surface area (TPSA) is 46.3 Å². The predicted molar refractivity (Wildman–Crippen MR) is 78.9 cm³/mol. The van der Waals surface area contributed by atoms with Gasteiger partial charge in [-0.25, -0.2) is 0 Å². The summed E-state index contributed by atoms with van der Waals surface area (Å²) in [6, 6.07) is 0.407. The molecule has 2 unspecified atom stereocenters. The lowest BCUT2D eigenvalue weighted by Crippen LogP contribution is -2.47. The van der Waals surface area contributed by atoms with Crippen LogP contribution in [-0.2, 0) is 4.79 Å². The van der Waals surface area contributed by atoms with Crippen molar-refractivity contribution in [1.29, 1.82) is 0 Å². The molecule has 0 bridgehead atoms. The first kappa shape index (κ1) is 17.7. The number of halogens is 1. The van der Waals surface area contributed by atoms with E-state index in [9.17, 15) is 4.79 Å². The number of nitrogens with zero attached hydrogens (tertiary/aromatic N) is 1. The summed E-state index contributed by atoms with van der Waals surface area (Å²) in [6.07, 6.45) is 4.87. The highest BCUT2D eigenvalue weighted by Gasteiger charge is 2.30. The van der Waals surface area contributed by atoms with Crippen molar-refractivity contribution in [1.82, 2.24) is 4.90 Å². The van der Waals surface area contributed by atoms with Crippen molar-refractivity contribution in [2.75, 3.05) is 6.54 Å². The first-order valence-electron chi connectivity index (χ1n) is 6.99. The molecule has 108 valence electrons. The van der Waals surface area contributed by atoms with E-state index in [4.69, 9.17) is 5.73 Å². The van der Waals surface area contributed by atoms with E-state index < -0.39 is 0 Å². The molecule has 1 saturated carbocycles. The maximum absolute atomic E-state index is 12.5. The average molecular weight is 277 g/mol. The quantitative estimate of drug-likeness (QED) is 0.839. The Morgan fingerprint density at radius 1 is 1.22 bits per heavy atom. The Hall–Kier alpha value is -0.280. The first-order valence-corrected chi connectivity index (χ1v) is 6.99. The molecule has 1 rings (SSSR count). The Morgan fingerprint density at radius 2 is 1.72 bits per heavy atom. The minimum absolute atomic E-state index is 0. The van der Waals surface area contributed by atoms with Crippen LogP contribution in [0.4, 0.5) is 0 Å². The summed E-state index contributed by atoms with van der Waals surface area (Å²) in [7, 11) is 0. The number of amides is 1. The minimum atomic E-state index is -0.0608. The summed E-state index contributed by atoms with van der Waals surface area (Å²) in [5.41, 5.74) is 5.86. The second-order valence-electron chi connectivity index (χ2n) is 5.97. The van der Waals surface area contributed by atoms with Crippen LogP contribution in [0.15, 0.2) is 0 Å². The Morgan fingerprint density at radius 3 is 2.11 bits per heavy atom. The van der Waals surface area contributed by atoms with Crippen molar-refractivity contribution in [3.63, 3.8) is 0 Å². The van der Waals surface area contributed by atoms with Crippen LogP contribution in [0.2, 0.25) is 0 Å². The highest BCUT2D eigenvalue weighted by molar-refractivity contribution is 5.85. The minimum Gasteiger partial charge on any atom is -0.339 e. The van der Waals surface area contributed by atoms with Crippen LogP contribution in [0.1, 0.15) is 53.4 Å². The fraction of sp³-hybridized carbons (Fsp3) is 0.929. The number of carbonyl (C=O) groups excluding carboxylic acids is 1. The van der Waals surface area contributed by atoms with Crippen LogP contribution in [0.5, 0.6) is 0 Å². The molecule has 0 saturated heterocycles. The molecule has 0 spiro atoms. The molecule has 0 radical (unpaired) electrons. The molecule has 0 aliphatic heterocycles. The number of hydrogen-bond donors (Lipinski definition) is 1. The van der Waals surface area contributed by atoms with Gasteiger partial charge in [-0.2, -0.15) is 0 Å². The van der Waals surface area contributed by atoms with E-state index >= 15 is 0 Å². The van der Waals surface area contributed by atoms with Gasteiger partial charge in [-0.1, -0.05) is 33.6 Å². The lowest BCUT2D eigenvalue weighted by atomic mass is 10.0. The van der Waals surface area contributed by atoms with Crippen molar-refractivity contribution >= 4 is 18.3 Å². The molecule has 1 fully saturated rings. The van der Waals surface area contributed by atoms with Gasteiger partial charge in [0.25, 0.3) is 0 Å². The molecule has 2 atom stereocenters. The Kier molecular flexibility index (Phi) is 7.88.